The van der Waals surface area contributed by atoms with Gasteiger partial charge in [-0.3, -0.25) is 0 Å². The molecule has 1 nitrogen and oxygen atoms in total. The molecule has 1 spiro atoms. The molecule has 0 radical (unpaired) electrons. The molecule has 0 amide bonds. The van der Waals surface area contributed by atoms with Crippen LogP contribution in [-0.2, 0) is 27.1 Å². The summed E-state index contributed by atoms with van der Waals surface area (Å²) >= 11 is 0. The van der Waals surface area contributed by atoms with Crippen LogP contribution < -0.4 is 4.90 Å². The first-order chi connectivity index (χ1) is 31.7. The molecule has 1 heteroatoms. The van der Waals surface area contributed by atoms with E-state index in [1.807, 2.05) is 0 Å². The van der Waals surface area contributed by atoms with Gasteiger partial charge in [0.1, 0.15) is 0 Å². The van der Waals surface area contributed by atoms with Gasteiger partial charge in [0.15, 0.2) is 0 Å². The lowest BCUT2D eigenvalue weighted by Crippen LogP contribution is -2.35. The Hall–Kier alpha value is -6.44. The topological polar surface area (TPSA) is 3.24 Å². The first-order valence-corrected chi connectivity index (χ1v) is 24.4. The fraction of sp³-hybridized carbons (Fsp3) is 0.262. The Bertz CT molecular complexity index is 3200. The first-order valence-electron chi connectivity index (χ1n) is 24.4. The van der Waals surface area contributed by atoms with Crippen molar-refractivity contribution in [2.24, 2.45) is 0 Å². The van der Waals surface area contributed by atoms with Crippen molar-refractivity contribution in [3.63, 3.8) is 0 Å². The van der Waals surface area contributed by atoms with Gasteiger partial charge in [0, 0.05) is 11.3 Å². The zero-order valence-corrected chi connectivity index (χ0v) is 40.0. The molecular formula is C65H61N. The minimum Gasteiger partial charge on any atom is -0.310 e. The third-order valence-corrected chi connectivity index (χ3v) is 16.8. The Balaban J connectivity index is 1.22. The summed E-state index contributed by atoms with van der Waals surface area (Å²) in [6, 6.07) is 67.9. The molecule has 66 heavy (non-hydrogen) atoms. The maximum absolute atomic E-state index is 2.67. The average Bonchev–Trinajstić information content (AvgIpc) is 3.79. The maximum Gasteiger partial charge on any atom is 0.0726 e. The molecule has 0 bridgehead atoms. The van der Waals surface area contributed by atoms with Crippen LogP contribution in [0, 0.1) is 0 Å². The minimum absolute atomic E-state index is 0.0389. The number of benzene rings is 8. The quantitative estimate of drug-likeness (QED) is 0.167. The van der Waals surface area contributed by atoms with Crippen LogP contribution in [0.3, 0.4) is 0 Å². The molecule has 326 valence electrons. The normalized spacial score (nSPS) is 18.1. The van der Waals surface area contributed by atoms with Crippen LogP contribution in [0.1, 0.15) is 126 Å². The van der Waals surface area contributed by atoms with Crippen LogP contribution in [-0.4, -0.2) is 0 Å². The van der Waals surface area contributed by atoms with Crippen molar-refractivity contribution in [3.05, 3.63) is 220 Å². The van der Waals surface area contributed by atoms with Gasteiger partial charge in [-0.15, -0.1) is 0 Å². The summed E-state index contributed by atoms with van der Waals surface area (Å²) in [5, 5.41) is 0. The number of fused-ring (bicyclic) bond motifs is 12. The van der Waals surface area contributed by atoms with Crippen molar-refractivity contribution in [3.8, 4) is 44.5 Å². The molecule has 8 aromatic carbocycles. The van der Waals surface area contributed by atoms with Crippen LogP contribution in [0.25, 0.3) is 44.5 Å². The van der Waals surface area contributed by atoms with Crippen molar-refractivity contribution in [1.29, 1.82) is 0 Å². The molecule has 0 unspecified atom stereocenters. The van der Waals surface area contributed by atoms with Gasteiger partial charge in [0.2, 0.25) is 0 Å². The standard InChI is InChI=1S/C65H61N/c1-61(2)35-36-63(5,6)57-39-44(31-34-54(57)61)49-40-50-48-23-14-17-26-53(48)65(51-24-15-12-21-46(51)47-22-13-16-25-52(47)65)56(50)41-59(49)66(45-32-29-43(30-33-45)42-19-10-9-11-20-42)58-28-18-27-55-60(58)64(7,8)38-37-62(55,3)4/h9-34,39-41H,35-38H2,1-8H3. The van der Waals surface area contributed by atoms with E-state index >= 15 is 0 Å². The number of anilines is 3. The zero-order valence-electron chi connectivity index (χ0n) is 40.0. The summed E-state index contributed by atoms with van der Waals surface area (Å²) in [5.74, 6) is 0. The lowest BCUT2D eigenvalue weighted by atomic mass is 9.62. The molecule has 4 aliphatic carbocycles. The molecule has 0 fully saturated rings. The maximum atomic E-state index is 2.67. The summed E-state index contributed by atoms with van der Waals surface area (Å²) in [5.41, 5.74) is 25.0. The number of hydrogen-bond donors (Lipinski definition) is 0. The SMILES string of the molecule is CC1(C)CCC(C)(C)c2cc(-c3cc4c(cc3N(c3ccc(-c5ccccc5)cc3)c3cccc5c3C(C)(C)CCC5(C)C)C3(c5ccccc5-c5ccccc53)c3ccccc3-4)ccc21. The van der Waals surface area contributed by atoms with Crippen LogP contribution in [0.5, 0.6) is 0 Å². The highest BCUT2D eigenvalue weighted by molar-refractivity contribution is 6.00. The third kappa shape index (κ3) is 5.84. The van der Waals surface area contributed by atoms with E-state index < -0.39 is 5.41 Å². The van der Waals surface area contributed by atoms with Gasteiger partial charge in [0.05, 0.1) is 16.8 Å². The number of nitrogens with zero attached hydrogens (tertiary/aromatic N) is 1. The molecular weight excluding hydrogens is 795 g/mol. The Morgan fingerprint density at radius 2 is 0.788 bits per heavy atom. The second-order valence-corrected chi connectivity index (χ2v) is 22.5. The predicted molar refractivity (Wildman–Crippen MR) is 279 cm³/mol. The Labute approximate surface area is 393 Å². The smallest absolute Gasteiger partial charge is 0.0726 e. The zero-order chi connectivity index (χ0) is 45.4. The summed E-state index contributed by atoms with van der Waals surface area (Å²) < 4.78 is 0. The number of rotatable bonds is 5. The van der Waals surface area contributed by atoms with Crippen molar-refractivity contribution < 1.29 is 0 Å². The molecule has 12 rings (SSSR count). The van der Waals surface area contributed by atoms with Gasteiger partial charge in [-0.05, 0) is 161 Å². The van der Waals surface area contributed by atoms with Gasteiger partial charge < -0.3 is 4.90 Å². The monoisotopic (exact) mass is 855 g/mol. The van der Waals surface area contributed by atoms with E-state index in [0.717, 1.165) is 12.8 Å². The van der Waals surface area contributed by atoms with Crippen molar-refractivity contribution in [1.82, 2.24) is 0 Å². The number of hydrogen-bond acceptors (Lipinski definition) is 1. The Kier molecular flexibility index (Phi) is 8.88. The van der Waals surface area contributed by atoms with Crippen LogP contribution >= 0.6 is 0 Å². The molecule has 0 aromatic heterocycles. The Morgan fingerprint density at radius 3 is 1.41 bits per heavy atom. The van der Waals surface area contributed by atoms with E-state index in [2.05, 4.69) is 236 Å². The fourth-order valence-corrected chi connectivity index (χ4v) is 13.0. The van der Waals surface area contributed by atoms with E-state index in [9.17, 15) is 0 Å². The van der Waals surface area contributed by atoms with Crippen LogP contribution in [0.15, 0.2) is 176 Å². The lowest BCUT2D eigenvalue weighted by Gasteiger charge is -2.45. The van der Waals surface area contributed by atoms with E-state index in [-0.39, 0.29) is 21.7 Å². The average molecular weight is 856 g/mol. The van der Waals surface area contributed by atoms with Crippen molar-refractivity contribution >= 4 is 17.1 Å². The molecule has 0 aliphatic heterocycles. The summed E-state index contributed by atoms with van der Waals surface area (Å²) in [7, 11) is 0. The van der Waals surface area contributed by atoms with Gasteiger partial charge in [-0.25, -0.2) is 0 Å². The minimum atomic E-state index is -0.478. The largest absolute Gasteiger partial charge is 0.310 e. The highest BCUT2D eigenvalue weighted by Crippen LogP contribution is 2.65. The van der Waals surface area contributed by atoms with Crippen molar-refractivity contribution in [2.75, 3.05) is 4.90 Å². The second kappa shape index (κ2) is 14.3. The van der Waals surface area contributed by atoms with Gasteiger partial charge >= 0.3 is 0 Å². The fourth-order valence-electron chi connectivity index (χ4n) is 13.0. The third-order valence-electron chi connectivity index (χ3n) is 16.8. The predicted octanol–water partition coefficient (Wildman–Crippen LogP) is 17.5. The summed E-state index contributed by atoms with van der Waals surface area (Å²) in [6.45, 7) is 19.7. The highest BCUT2D eigenvalue weighted by Gasteiger charge is 2.52. The van der Waals surface area contributed by atoms with Crippen molar-refractivity contribution in [2.45, 2.75) is 108 Å². The van der Waals surface area contributed by atoms with Crippen LogP contribution in [0.4, 0.5) is 17.1 Å². The molecule has 0 N–H and O–H groups in total. The summed E-state index contributed by atoms with van der Waals surface area (Å²) in [4.78, 5) is 2.67. The molecule has 0 atom stereocenters. The Morgan fingerprint density at radius 1 is 0.303 bits per heavy atom. The van der Waals surface area contributed by atoms with Crippen LogP contribution in [0.2, 0.25) is 0 Å². The lowest BCUT2D eigenvalue weighted by molar-refractivity contribution is 0.332. The van der Waals surface area contributed by atoms with E-state index in [0.29, 0.717) is 0 Å². The molecule has 8 aromatic rings. The van der Waals surface area contributed by atoms with Gasteiger partial charge in [0.25, 0.3) is 0 Å². The summed E-state index contributed by atoms with van der Waals surface area (Å²) in [6.07, 6.45) is 4.65. The van der Waals surface area contributed by atoms with E-state index in [4.69, 9.17) is 0 Å². The van der Waals surface area contributed by atoms with Gasteiger partial charge in [-0.2, -0.15) is 0 Å². The molecule has 4 aliphatic rings. The van der Waals surface area contributed by atoms with E-state index in [1.54, 1.807) is 0 Å². The molecule has 0 saturated carbocycles. The first kappa shape index (κ1) is 41.0. The van der Waals surface area contributed by atoms with E-state index in [1.165, 1.54) is 119 Å². The molecule has 0 saturated heterocycles. The van der Waals surface area contributed by atoms with Gasteiger partial charge in [-0.1, -0.05) is 201 Å². The highest BCUT2D eigenvalue weighted by atomic mass is 15.1. The second-order valence-electron chi connectivity index (χ2n) is 22.5. The molecule has 0 heterocycles.